The number of amides is 1. The van der Waals surface area contributed by atoms with E-state index in [0.717, 1.165) is 44.2 Å². The Kier molecular flexibility index (Phi) is 3.76. The first-order valence-corrected chi connectivity index (χ1v) is 7.79. The van der Waals surface area contributed by atoms with E-state index in [9.17, 15) is 9.59 Å². The highest BCUT2D eigenvalue weighted by Gasteiger charge is 2.30. The maximum atomic E-state index is 12.2. The van der Waals surface area contributed by atoms with E-state index in [1.807, 2.05) is 0 Å². The number of fused-ring (bicyclic) bond motifs is 1. The zero-order chi connectivity index (χ0) is 14.1. The fourth-order valence-electron chi connectivity index (χ4n) is 2.92. The topological polar surface area (TPSA) is 67.4 Å². The van der Waals surface area contributed by atoms with Gasteiger partial charge in [-0.2, -0.15) is 0 Å². The second-order valence-electron chi connectivity index (χ2n) is 5.19. The van der Waals surface area contributed by atoms with Crippen LogP contribution in [0.4, 0.5) is 5.00 Å². The molecule has 1 atom stereocenters. The maximum absolute atomic E-state index is 12.2. The van der Waals surface area contributed by atoms with E-state index in [-0.39, 0.29) is 17.9 Å². The summed E-state index contributed by atoms with van der Waals surface area (Å²) in [7, 11) is 1.38. The molecule has 1 aromatic rings. The van der Waals surface area contributed by atoms with Crippen LogP contribution < -0.4 is 10.6 Å². The van der Waals surface area contributed by atoms with Gasteiger partial charge in [0, 0.05) is 4.88 Å². The van der Waals surface area contributed by atoms with Crippen molar-refractivity contribution in [1.29, 1.82) is 0 Å². The number of thiophene rings is 1. The van der Waals surface area contributed by atoms with E-state index >= 15 is 0 Å². The third-order valence-electron chi connectivity index (χ3n) is 3.92. The molecule has 0 bridgehead atoms. The van der Waals surface area contributed by atoms with Gasteiger partial charge in [-0.25, -0.2) is 4.79 Å². The summed E-state index contributed by atoms with van der Waals surface area (Å²) in [6.07, 6.45) is 4.83. The number of rotatable bonds is 3. The van der Waals surface area contributed by atoms with Crippen molar-refractivity contribution in [3.8, 4) is 0 Å². The molecular weight excluding hydrogens is 276 g/mol. The molecule has 2 aliphatic rings. The number of anilines is 1. The van der Waals surface area contributed by atoms with Crippen molar-refractivity contribution in [2.75, 3.05) is 19.0 Å². The molecule has 0 saturated carbocycles. The maximum Gasteiger partial charge on any atom is 0.341 e. The van der Waals surface area contributed by atoms with Crippen molar-refractivity contribution in [1.82, 2.24) is 5.32 Å². The predicted octanol–water partition coefficient (Wildman–Crippen LogP) is 1.71. The van der Waals surface area contributed by atoms with Crippen molar-refractivity contribution in [2.45, 2.75) is 38.1 Å². The van der Waals surface area contributed by atoms with Crippen LogP contribution in [0.3, 0.4) is 0 Å². The number of ether oxygens (including phenoxy) is 1. The van der Waals surface area contributed by atoms with Crippen molar-refractivity contribution in [3.63, 3.8) is 0 Å². The summed E-state index contributed by atoms with van der Waals surface area (Å²) in [5.74, 6) is -0.397. The van der Waals surface area contributed by atoms with Gasteiger partial charge in [-0.3, -0.25) is 4.79 Å². The van der Waals surface area contributed by atoms with E-state index in [4.69, 9.17) is 4.74 Å². The third-order valence-corrected chi connectivity index (χ3v) is 5.13. The van der Waals surface area contributed by atoms with E-state index in [0.29, 0.717) is 10.6 Å². The first-order chi connectivity index (χ1) is 9.70. The molecule has 1 saturated heterocycles. The highest BCUT2D eigenvalue weighted by atomic mass is 32.1. The molecule has 6 heteroatoms. The molecule has 5 nitrogen and oxygen atoms in total. The summed E-state index contributed by atoms with van der Waals surface area (Å²) in [6.45, 7) is 0.878. The molecule has 1 fully saturated rings. The minimum absolute atomic E-state index is 0.0485. The average molecular weight is 294 g/mol. The summed E-state index contributed by atoms with van der Waals surface area (Å²) in [5.41, 5.74) is 1.63. The number of hydrogen-bond acceptors (Lipinski definition) is 5. The molecule has 3 rings (SSSR count). The summed E-state index contributed by atoms with van der Waals surface area (Å²) in [6, 6.07) is -0.141. The molecule has 108 valence electrons. The fraction of sp³-hybridized carbons (Fsp3) is 0.571. The van der Waals surface area contributed by atoms with Crippen LogP contribution in [0.15, 0.2) is 0 Å². The van der Waals surface area contributed by atoms with Crippen LogP contribution in [0.1, 0.15) is 40.1 Å². The largest absolute Gasteiger partial charge is 0.465 e. The molecule has 0 unspecified atom stereocenters. The first-order valence-electron chi connectivity index (χ1n) is 6.98. The van der Waals surface area contributed by atoms with Crippen molar-refractivity contribution >= 4 is 28.2 Å². The van der Waals surface area contributed by atoms with Gasteiger partial charge < -0.3 is 15.4 Å². The van der Waals surface area contributed by atoms with Gasteiger partial charge in [-0.05, 0) is 44.2 Å². The number of esters is 1. The lowest BCUT2D eigenvalue weighted by atomic mass is 10.1. The minimum atomic E-state index is -0.348. The molecule has 0 aromatic carbocycles. The lowest BCUT2D eigenvalue weighted by molar-refractivity contribution is -0.117. The standard InChI is InChI=1S/C14H18N2O3S/c1-19-14(18)11-8-4-2-6-10(8)20-13(11)16-12(17)9-5-3-7-15-9/h9,15H,2-7H2,1H3,(H,16,17)/t9-/m1/s1. The molecule has 1 aromatic heterocycles. The second kappa shape index (κ2) is 5.54. The number of nitrogens with one attached hydrogen (secondary N) is 2. The monoisotopic (exact) mass is 294 g/mol. The van der Waals surface area contributed by atoms with Crippen LogP contribution in [0.5, 0.6) is 0 Å². The van der Waals surface area contributed by atoms with Crippen LogP contribution in [-0.2, 0) is 22.4 Å². The fourth-order valence-corrected chi connectivity index (χ4v) is 4.20. The number of methoxy groups -OCH3 is 1. The van der Waals surface area contributed by atoms with Crippen LogP contribution in [0.2, 0.25) is 0 Å². The predicted molar refractivity (Wildman–Crippen MR) is 77.3 cm³/mol. The quantitative estimate of drug-likeness (QED) is 0.833. The Morgan fingerprint density at radius 1 is 1.35 bits per heavy atom. The van der Waals surface area contributed by atoms with Crippen molar-refractivity contribution in [2.24, 2.45) is 0 Å². The van der Waals surface area contributed by atoms with E-state index in [1.54, 1.807) is 0 Å². The van der Waals surface area contributed by atoms with Gasteiger partial charge in [0.1, 0.15) is 5.00 Å². The van der Waals surface area contributed by atoms with E-state index < -0.39 is 0 Å². The third kappa shape index (κ3) is 2.33. The summed E-state index contributed by atoms with van der Waals surface area (Å²) in [4.78, 5) is 25.4. The number of carbonyl (C=O) groups excluding carboxylic acids is 2. The molecule has 20 heavy (non-hydrogen) atoms. The molecule has 1 amide bonds. The van der Waals surface area contributed by atoms with Gasteiger partial charge in [-0.1, -0.05) is 0 Å². The molecule has 2 heterocycles. The highest BCUT2D eigenvalue weighted by molar-refractivity contribution is 7.17. The van der Waals surface area contributed by atoms with Gasteiger partial charge in [0.2, 0.25) is 5.91 Å². The Balaban J connectivity index is 1.85. The van der Waals surface area contributed by atoms with Crippen molar-refractivity contribution < 1.29 is 14.3 Å². The number of hydrogen-bond donors (Lipinski definition) is 2. The van der Waals surface area contributed by atoms with Crippen LogP contribution in [-0.4, -0.2) is 31.6 Å². The SMILES string of the molecule is COC(=O)c1c(NC(=O)[C@H]2CCCN2)sc2c1CCC2. The van der Waals surface area contributed by atoms with Gasteiger partial charge in [-0.15, -0.1) is 11.3 Å². The number of aryl methyl sites for hydroxylation is 1. The lowest BCUT2D eigenvalue weighted by Crippen LogP contribution is -2.35. The Hall–Kier alpha value is -1.40. The van der Waals surface area contributed by atoms with E-state index in [1.165, 1.54) is 23.3 Å². The normalized spacial score (nSPS) is 20.8. The summed E-state index contributed by atoms with van der Waals surface area (Å²) in [5, 5.41) is 6.73. The molecule has 1 aliphatic carbocycles. The Bertz CT molecular complexity index is 547. The summed E-state index contributed by atoms with van der Waals surface area (Å²) >= 11 is 1.52. The molecule has 2 N–H and O–H groups in total. The lowest BCUT2D eigenvalue weighted by Gasteiger charge is -2.11. The van der Waals surface area contributed by atoms with Crippen LogP contribution in [0.25, 0.3) is 0 Å². The minimum Gasteiger partial charge on any atom is -0.465 e. The van der Waals surface area contributed by atoms with Gasteiger partial charge >= 0.3 is 5.97 Å². The van der Waals surface area contributed by atoms with Gasteiger partial charge in [0.05, 0.1) is 18.7 Å². The summed E-state index contributed by atoms with van der Waals surface area (Å²) < 4.78 is 4.87. The highest BCUT2D eigenvalue weighted by Crippen LogP contribution is 2.39. The zero-order valence-corrected chi connectivity index (χ0v) is 12.3. The molecule has 0 spiro atoms. The van der Waals surface area contributed by atoms with E-state index in [2.05, 4.69) is 10.6 Å². The van der Waals surface area contributed by atoms with Crippen molar-refractivity contribution in [3.05, 3.63) is 16.0 Å². The zero-order valence-electron chi connectivity index (χ0n) is 11.5. The first kappa shape index (κ1) is 13.6. The Morgan fingerprint density at radius 2 is 2.20 bits per heavy atom. The molecular formula is C14H18N2O3S. The van der Waals surface area contributed by atoms with Crippen LogP contribution in [0, 0.1) is 0 Å². The second-order valence-corrected chi connectivity index (χ2v) is 6.30. The molecule has 0 radical (unpaired) electrons. The van der Waals surface area contributed by atoms with Gasteiger partial charge in [0.15, 0.2) is 0 Å². The molecule has 1 aliphatic heterocycles. The Labute approximate surface area is 121 Å². The number of carbonyl (C=O) groups is 2. The Morgan fingerprint density at radius 3 is 2.90 bits per heavy atom. The van der Waals surface area contributed by atoms with Gasteiger partial charge in [0.25, 0.3) is 0 Å². The average Bonchev–Trinajstić information content (AvgIpc) is 3.13. The smallest absolute Gasteiger partial charge is 0.341 e. The van der Waals surface area contributed by atoms with Crippen LogP contribution >= 0.6 is 11.3 Å².